The van der Waals surface area contributed by atoms with Crippen LogP contribution in [0.1, 0.15) is 18.4 Å². The van der Waals surface area contributed by atoms with Crippen LogP contribution in [-0.4, -0.2) is 29.1 Å². The number of hydrogen-bond acceptors (Lipinski definition) is 3. The molecular formula is C18H21ClN2O2. The molecule has 2 aromatic rings. The van der Waals surface area contributed by atoms with Crippen molar-refractivity contribution < 1.29 is 9.90 Å². The number of carboxylic acid groups (broad SMARTS) is 1. The molecule has 0 radical (unpaired) electrons. The molecule has 0 spiro atoms. The largest absolute Gasteiger partial charge is 0.481 e. The molecule has 4 nitrogen and oxygen atoms in total. The van der Waals surface area contributed by atoms with Crippen LogP contribution in [0.4, 0.5) is 0 Å². The van der Waals surface area contributed by atoms with E-state index in [-0.39, 0.29) is 12.4 Å². The second kappa shape index (κ2) is 7.57. The molecule has 23 heavy (non-hydrogen) atoms. The van der Waals surface area contributed by atoms with E-state index < -0.39 is 11.4 Å². The van der Waals surface area contributed by atoms with Crippen LogP contribution in [0.25, 0.3) is 11.1 Å². The molecule has 3 rings (SSSR count). The Kier molecular flexibility index (Phi) is 5.74. The highest BCUT2D eigenvalue weighted by Gasteiger charge is 2.39. The molecule has 122 valence electrons. The van der Waals surface area contributed by atoms with Gasteiger partial charge in [0, 0.05) is 18.9 Å². The van der Waals surface area contributed by atoms with Crippen molar-refractivity contribution in [3.63, 3.8) is 0 Å². The number of piperidine rings is 1. The Morgan fingerprint density at radius 2 is 2.00 bits per heavy atom. The summed E-state index contributed by atoms with van der Waals surface area (Å²) in [7, 11) is 0. The lowest BCUT2D eigenvalue weighted by Gasteiger charge is -2.33. The SMILES string of the molecule is Cl.O=C(O)C1(Cc2cccc(-c3ccncc3)c2)CCCNC1. The first-order valence-electron chi connectivity index (χ1n) is 7.63. The molecule has 1 saturated heterocycles. The van der Waals surface area contributed by atoms with Crippen LogP contribution >= 0.6 is 12.4 Å². The van der Waals surface area contributed by atoms with Crippen molar-refractivity contribution in [2.75, 3.05) is 13.1 Å². The minimum absolute atomic E-state index is 0. The van der Waals surface area contributed by atoms with Crippen LogP contribution in [0.5, 0.6) is 0 Å². The Morgan fingerprint density at radius 3 is 2.65 bits per heavy atom. The third-order valence-corrected chi connectivity index (χ3v) is 4.41. The summed E-state index contributed by atoms with van der Waals surface area (Å²) in [5.74, 6) is -0.700. The predicted molar refractivity (Wildman–Crippen MR) is 92.8 cm³/mol. The van der Waals surface area contributed by atoms with Gasteiger partial charge in [-0.1, -0.05) is 24.3 Å². The summed E-state index contributed by atoms with van der Waals surface area (Å²) in [6, 6.07) is 12.1. The van der Waals surface area contributed by atoms with Crippen LogP contribution in [0.15, 0.2) is 48.8 Å². The van der Waals surface area contributed by atoms with Crippen LogP contribution < -0.4 is 5.32 Å². The number of nitrogens with one attached hydrogen (secondary N) is 1. The number of pyridine rings is 1. The van der Waals surface area contributed by atoms with Crippen molar-refractivity contribution in [2.24, 2.45) is 5.41 Å². The first-order valence-corrected chi connectivity index (χ1v) is 7.63. The number of halogens is 1. The molecule has 0 amide bonds. The van der Waals surface area contributed by atoms with Gasteiger partial charge in [-0.3, -0.25) is 9.78 Å². The summed E-state index contributed by atoms with van der Waals surface area (Å²) in [5, 5.41) is 12.9. The molecule has 1 aromatic heterocycles. The number of aliphatic carboxylic acids is 1. The molecular weight excluding hydrogens is 312 g/mol. The Bertz CT molecular complexity index is 655. The van der Waals surface area contributed by atoms with Gasteiger partial charge in [0.1, 0.15) is 0 Å². The van der Waals surface area contributed by atoms with E-state index in [9.17, 15) is 9.90 Å². The van der Waals surface area contributed by atoms with Gasteiger partial charge >= 0.3 is 5.97 Å². The number of rotatable bonds is 4. The number of benzene rings is 1. The fourth-order valence-electron chi connectivity index (χ4n) is 3.17. The number of carboxylic acids is 1. The van der Waals surface area contributed by atoms with Crippen LogP contribution in [0, 0.1) is 5.41 Å². The minimum atomic E-state index is -0.700. The van der Waals surface area contributed by atoms with E-state index >= 15 is 0 Å². The maximum Gasteiger partial charge on any atom is 0.311 e. The zero-order valence-electron chi connectivity index (χ0n) is 12.9. The predicted octanol–water partition coefficient (Wildman–Crippen LogP) is 3.17. The average molecular weight is 333 g/mol. The van der Waals surface area contributed by atoms with Crippen LogP contribution in [0.2, 0.25) is 0 Å². The summed E-state index contributed by atoms with van der Waals surface area (Å²) in [6.45, 7) is 1.45. The van der Waals surface area contributed by atoms with Gasteiger partial charge in [-0.15, -0.1) is 12.4 Å². The van der Waals surface area contributed by atoms with E-state index in [4.69, 9.17) is 0 Å². The Labute approximate surface area is 142 Å². The maximum atomic E-state index is 11.8. The number of carbonyl (C=O) groups is 1. The molecule has 1 unspecified atom stereocenters. The molecule has 0 bridgehead atoms. The van der Waals surface area contributed by atoms with Crippen LogP contribution in [-0.2, 0) is 11.2 Å². The second-order valence-corrected chi connectivity index (χ2v) is 5.98. The van der Waals surface area contributed by atoms with Crippen molar-refractivity contribution in [3.8, 4) is 11.1 Å². The molecule has 2 N–H and O–H groups in total. The molecule has 1 aliphatic heterocycles. The second-order valence-electron chi connectivity index (χ2n) is 5.98. The lowest BCUT2D eigenvalue weighted by Crippen LogP contribution is -2.47. The van der Waals surface area contributed by atoms with Gasteiger partial charge < -0.3 is 10.4 Å². The van der Waals surface area contributed by atoms with Gasteiger partial charge in [0.05, 0.1) is 5.41 Å². The fourth-order valence-corrected chi connectivity index (χ4v) is 3.17. The highest BCUT2D eigenvalue weighted by atomic mass is 35.5. The Hall–Kier alpha value is -1.91. The summed E-state index contributed by atoms with van der Waals surface area (Å²) in [4.78, 5) is 15.8. The zero-order chi connectivity index (χ0) is 15.4. The third-order valence-electron chi connectivity index (χ3n) is 4.41. The molecule has 1 aromatic carbocycles. The van der Waals surface area contributed by atoms with Gasteiger partial charge in [0.25, 0.3) is 0 Å². The van der Waals surface area contributed by atoms with E-state index in [0.29, 0.717) is 13.0 Å². The normalized spacial score (nSPS) is 20.5. The number of aromatic nitrogens is 1. The van der Waals surface area contributed by atoms with Crippen LogP contribution in [0.3, 0.4) is 0 Å². The molecule has 1 atom stereocenters. The van der Waals surface area contributed by atoms with E-state index in [1.807, 2.05) is 30.3 Å². The molecule has 2 heterocycles. The summed E-state index contributed by atoms with van der Waals surface area (Å²) >= 11 is 0. The number of nitrogens with zero attached hydrogens (tertiary/aromatic N) is 1. The van der Waals surface area contributed by atoms with Crippen molar-refractivity contribution in [2.45, 2.75) is 19.3 Å². The molecule has 1 aliphatic rings. The zero-order valence-corrected chi connectivity index (χ0v) is 13.7. The van der Waals surface area contributed by atoms with Crippen molar-refractivity contribution >= 4 is 18.4 Å². The highest BCUT2D eigenvalue weighted by molar-refractivity contribution is 5.85. The van der Waals surface area contributed by atoms with E-state index in [0.717, 1.165) is 36.1 Å². The first-order chi connectivity index (χ1) is 10.7. The molecule has 0 saturated carbocycles. The van der Waals surface area contributed by atoms with Crippen molar-refractivity contribution in [1.82, 2.24) is 10.3 Å². The van der Waals surface area contributed by atoms with E-state index in [1.54, 1.807) is 12.4 Å². The van der Waals surface area contributed by atoms with E-state index in [2.05, 4.69) is 16.4 Å². The van der Waals surface area contributed by atoms with Gasteiger partial charge in [-0.25, -0.2) is 0 Å². The van der Waals surface area contributed by atoms with Gasteiger partial charge in [-0.05, 0) is 54.6 Å². The standard InChI is InChI=1S/C18H20N2O2.ClH/c21-17(22)18(7-2-8-20-13-18)12-14-3-1-4-16(11-14)15-5-9-19-10-6-15;/h1,3-6,9-11,20H,2,7-8,12-13H2,(H,21,22);1H. The number of hydrogen-bond donors (Lipinski definition) is 2. The van der Waals surface area contributed by atoms with Crippen molar-refractivity contribution in [1.29, 1.82) is 0 Å². The lowest BCUT2D eigenvalue weighted by atomic mass is 9.75. The minimum Gasteiger partial charge on any atom is -0.481 e. The van der Waals surface area contributed by atoms with Gasteiger partial charge in [0.2, 0.25) is 0 Å². The quantitative estimate of drug-likeness (QED) is 0.902. The highest BCUT2D eigenvalue weighted by Crippen LogP contribution is 2.32. The summed E-state index contributed by atoms with van der Waals surface area (Å²) in [6.07, 6.45) is 5.75. The fraction of sp³-hybridized carbons (Fsp3) is 0.333. The lowest BCUT2D eigenvalue weighted by molar-refractivity contribution is -0.150. The van der Waals surface area contributed by atoms with Crippen molar-refractivity contribution in [3.05, 3.63) is 54.4 Å². The monoisotopic (exact) mass is 332 g/mol. The molecule has 5 heteroatoms. The smallest absolute Gasteiger partial charge is 0.311 e. The summed E-state index contributed by atoms with van der Waals surface area (Å²) < 4.78 is 0. The summed E-state index contributed by atoms with van der Waals surface area (Å²) in [5.41, 5.74) is 2.59. The van der Waals surface area contributed by atoms with E-state index in [1.165, 1.54) is 0 Å². The topological polar surface area (TPSA) is 62.2 Å². The molecule has 0 aliphatic carbocycles. The Balaban J connectivity index is 0.00000192. The van der Waals surface area contributed by atoms with Gasteiger partial charge in [-0.2, -0.15) is 0 Å². The Morgan fingerprint density at radius 1 is 1.22 bits per heavy atom. The van der Waals surface area contributed by atoms with Gasteiger partial charge in [0.15, 0.2) is 0 Å². The maximum absolute atomic E-state index is 11.8. The average Bonchev–Trinajstić information content (AvgIpc) is 2.57. The first kappa shape index (κ1) is 17.4. The third kappa shape index (κ3) is 3.89. The molecule has 1 fully saturated rings.